The van der Waals surface area contributed by atoms with Crippen LogP contribution in [0.5, 0.6) is 0 Å². The van der Waals surface area contributed by atoms with Gasteiger partial charge in [0, 0.05) is 24.2 Å². The molecule has 0 fully saturated rings. The SMILES string of the molecule is CCCC/C=C/[C@](C)([C@@H](C)CC(C)=O)[N+](=O)[O-]. The summed E-state index contributed by atoms with van der Waals surface area (Å²) in [5.74, 6) is -0.291. The number of rotatable bonds is 8. The fourth-order valence-electron chi connectivity index (χ4n) is 1.69. The Hall–Kier alpha value is -1.19. The predicted molar refractivity (Wildman–Crippen MR) is 68.5 cm³/mol. The zero-order valence-corrected chi connectivity index (χ0v) is 11.2. The van der Waals surface area contributed by atoms with E-state index in [2.05, 4.69) is 6.92 Å². The monoisotopic (exact) mass is 241 g/mol. The van der Waals surface area contributed by atoms with Crippen LogP contribution in [0.1, 0.15) is 53.4 Å². The quantitative estimate of drug-likeness (QED) is 0.283. The van der Waals surface area contributed by atoms with Gasteiger partial charge in [-0.15, -0.1) is 0 Å². The molecule has 4 heteroatoms. The summed E-state index contributed by atoms with van der Waals surface area (Å²) in [4.78, 5) is 21.9. The third kappa shape index (κ3) is 5.11. The topological polar surface area (TPSA) is 60.2 Å². The molecule has 0 amide bonds. The molecule has 98 valence electrons. The highest BCUT2D eigenvalue weighted by Gasteiger charge is 2.40. The highest BCUT2D eigenvalue weighted by molar-refractivity contribution is 5.75. The fraction of sp³-hybridized carbons (Fsp3) is 0.769. The van der Waals surface area contributed by atoms with Crippen LogP contribution in [0.3, 0.4) is 0 Å². The third-order valence-corrected chi connectivity index (χ3v) is 3.16. The standard InChI is InChI=1S/C13H23NO3/c1-5-6-7-8-9-13(4,14(16)17)11(2)10-12(3)15/h8-9,11H,5-7,10H2,1-4H3/b9-8+/t11-,13+/m0/s1. The molecule has 0 N–H and O–H groups in total. The third-order valence-electron chi connectivity index (χ3n) is 3.16. The summed E-state index contributed by atoms with van der Waals surface area (Å²) in [6.07, 6.45) is 6.72. The van der Waals surface area contributed by atoms with Crippen molar-refractivity contribution < 1.29 is 9.72 Å². The number of nitro groups is 1. The molecule has 0 aromatic heterocycles. The van der Waals surface area contributed by atoms with E-state index in [9.17, 15) is 14.9 Å². The molecule has 0 aromatic rings. The number of unbranched alkanes of at least 4 members (excludes halogenated alkanes) is 2. The van der Waals surface area contributed by atoms with Crippen molar-refractivity contribution in [2.45, 2.75) is 58.9 Å². The Morgan fingerprint density at radius 2 is 2.12 bits per heavy atom. The van der Waals surface area contributed by atoms with Crippen LogP contribution in [0.4, 0.5) is 0 Å². The first-order chi connectivity index (χ1) is 7.84. The van der Waals surface area contributed by atoms with E-state index in [4.69, 9.17) is 0 Å². The molecule has 0 unspecified atom stereocenters. The van der Waals surface area contributed by atoms with Crippen molar-refractivity contribution in [2.24, 2.45) is 5.92 Å². The minimum Gasteiger partial charge on any atom is -0.300 e. The van der Waals surface area contributed by atoms with Crippen molar-refractivity contribution in [1.29, 1.82) is 0 Å². The van der Waals surface area contributed by atoms with Crippen molar-refractivity contribution in [3.63, 3.8) is 0 Å². The maximum Gasteiger partial charge on any atom is 0.240 e. The lowest BCUT2D eigenvalue weighted by molar-refractivity contribution is -0.560. The Labute approximate surface area is 103 Å². The Bertz CT molecular complexity index is 299. The van der Waals surface area contributed by atoms with Crippen LogP contribution in [0.2, 0.25) is 0 Å². The van der Waals surface area contributed by atoms with E-state index in [0.717, 1.165) is 19.3 Å². The van der Waals surface area contributed by atoms with Crippen molar-refractivity contribution >= 4 is 5.78 Å². The number of nitrogens with zero attached hydrogens (tertiary/aromatic N) is 1. The molecule has 0 aliphatic rings. The highest BCUT2D eigenvalue weighted by Crippen LogP contribution is 2.26. The average Bonchev–Trinajstić information content (AvgIpc) is 2.22. The van der Waals surface area contributed by atoms with Crippen LogP contribution in [0.15, 0.2) is 12.2 Å². The van der Waals surface area contributed by atoms with Crippen LogP contribution in [-0.2, 0) is 4.79 Å². The van der Waals surface area contributed by atoms with Crippen molar-refractivity contribution in [1.82, 2.24) is 0 Å². The lowest BCUT2D eigenvalue weighted by Crippen LogP contribution is -2.40. The summed E-state index contributed by atoms with van der Waals surface area (Å²) < 4.78 is 0. The van der Waals surface area contributed by atoms with E-state index in [1.54, 1.807) is 19.9 Å². The maximum atomic E-state index is 11.2. The molecule has 17 heavy (non-hydrogen) atoms. The molecule has 4 nitrogen and oxygen atoms in total. The van der Waals surface area contributed by atoms with Gasteiger partial charge < -0.3 is 4.79 Å². The minimum absolute atomic E-state index is 0.00691. The van der Waals surface area contributed by atoms with Gasteiger partial charge in [0.1, 0.15) is 5.78 Å². The van der Waals surface area contributed by atoms with E-state index >= 15 is 0 Å². The van der Waals surface area contributed by atoms with E-state index < -0.39 is 5.54 Å². The van der Waals surface area contributed by atoms with E-state index in [-0.39, 0.29) is 23.0 Å². The van der Waals surface area contributed by atoms with Crippen LogP contribution >= 0.6 is 0 Å². The van der Waals surface area contributed by atoms with E-state index in [1.165, 1.54) is 6.92 Å². The van der Waals surface area contributed by atoms with Crippen molar-refractivity contribution in [2.75, 3.05) is 0 Å². The molecule has 0 saturated carbocycles. The van der Waals surface area contributed by atoms with Crippen LogP contribution < -0.4 is 0 Å². The van der Waals surface area contributed by atoms with Gasteiger partial charge in [0.05, 0.1) is 0 Å². The second-order valence-electron chi connectivity index (χ2n) is 4.83. The van der Waals surface area contributed by atoms with Gasteiger partial charge in [0.2, 0.25) is 5.54 Å². The van der Waals surface area contributed by atoms with Crippen molar-refractivity contribution in [3.05, 3.63) is 22.3 Å². The molecule has 0 heterocycles. The molecular weight excluding hydrogens is 218 g/mol. The van der Waals surface area contributed by atoms with Gasteiger partial charge in [0.25, 0.3) is 0 Å². The van der Waals surface area contributed by atoms with Gasteiger partial charge in [-0.25, -0.2) is 0 Å². The summed E-state index contributed by atoms with van der Waals surface area (Å²) in [7, 11) is 0. The normalized spacial score (nSPS) is 16.7. The summed E-state index contributed by atoms with van der Waals surface area (Å²) in [6.45, 7) is 6.90. The second kappa shape index (κ2) is 7.20. The molecule has 0 aliphatic carbocycles. The first-order valence-electron chi connectivity index (χ1n) is 6.16. The van der Waals surface area contributed by atoms with Gasteiger partial charge in [-0.2, -0.15) is 0 Å². The number of hydrogen-bond acceptors (Lipinski definition) is 3. The van der Waals surface area contributed by atoms with Crippen LogP contribution in [0, 0.1) is 16.0 Å². The molecule has 0 radical (unpaired) electrons. The summed E-state index contributed by atoms with van der Waals surface area (Å²) in [6, 6.07) is 0. The Kier molecular flexibility index (Phi) is 6.69. The summed E-state index contributed by atoms with van der Waals surface area (Å²) in [5, 5.41) is 11.2. The Morgan fingerprint density at radius 1 is 1.53 bits per heavy atom. The lowest BCUT2D eigenvalue weighted by Gasteiger charge is -2.23. The van der Waals surface area contributed by atoms with Gasteiger partial charge in [-0.1, -0.05) is 32.8 Å². The smallest absolute Gasteiger partial charge is 0.240 e. The van der Waals surface area contributed by atoms with Crippen molar-refractivity contribution in [3.8, 4) is 0 Å². The largest absolute Gasteiger partial charge is 0.300 e. The Morgan fingerprint density at radius 3 is 2.53 bits per heavy atom. The number of carbonyl (C=O) groups excluding carboxylic acids is 1. The molecule has 0 aromatic carbocycles. The zero-order valence-electron chi connectivity index (χ0n) is 11.2. The summed E-state index contributed by atoms with van der Waals surface area (Å²) in [5.41, 5.74) is -1.14. The molecule has 0 aliphatic heterocycles. The van der Waals surface area contributed by atoms with Gasteiger partial charge >= 0.3 is 0 Å². The molecule has 2 atom stereocenters. The average molecular weight is 241 g/mol. The number of carbonyl (C=O) groups is 1. The minimum atomic E-state index is -1.14. The van der Waals surface area contributed by atoms with Gasteiger partial charge in [-0.05, 0) is 19.4 Å². The predicted octanol–water partition coefficient (Wildman–Crippen LogP) is 3.38. The van der Waals surface area contributed by atoms with Gasteiger partial charge in [0.15, 0.2) is 0 Å². The number of ketones is 1. The first kappa shape index (κ1) is 15.8. The molecule has 0 bridgehead atoms. The molecule has 0 saturated heterocycles. The molecule has 0 spiro atoms. The first-order valence-corrected chi connectivity index (χ1v) is 6.16. The van der Waals surface area contributed by atoms with E-state index in [0.29, 0.717) is 0 Å². The highest BCUT2D eigenvalue weighted by atomic mass is 16.6. The molecule has 0 rings (SSSR count). The number of allylic oxidation sites excluding steroid dienone is 1. The summed E-state index contributed by atoms with van der Waals surface area (Å²) >= 11 is 0. The number of Topliss-reactive ketones (excluding diaryl/α,β-unsaturated/α-hetero) is 1. The zero-order chi connectivity index (χ0) is 13.5. The van der Waals surface area contributed by atoms with Gasteiger partial charge in [-0.3, -0.25) is 10.1 Å². The van der Waals surface area contributed by atoms with E-state index in [1.807, 2.05) is 6.08 Å². The molecular formula is C13H23NO3. The number of hydrogen-bond donors (Lipinski definition) is 0. The van der Waals surface area contributed by atoms with Crippen LogP contribution in [-0.4, -0.2) is 16.2 Å². The van der Waals surface area contributed by atoms with Crippen LogP contribution in [0.25, 0.3) is 0 Å². The lowest BCUT2D eigenvalue weighted by atomic mass is 9.83. The second-order valence-corrected chi connectivity index (χ2v) is 4.83. The fourth-order valence-corrected chi connectivity index (χ4v) is 1.69. The maximum absolute atomic E-state index is 11.2. The Balaban J connectivity index is 4.72.